The Balaban J connectivity index is 1.59. The molecule has 3 rings (SSSR count). The quantitative estimate of drug-likeness (QED) is 0.806. The number of carbonyl (C=O) groups excluding carboxylic acids is 1. The van der Waals surface area contributed by atoms with Gasteiger partial charge in [0.2, 0.25) is 5.91 Å². The van der Waals surface area contributed by atoms with Crippen LogP contribution in [0.25, 0.3) is 5.69 Å². The van der Waals surface area contributed by atoms with Crippen molar-refractivity contribution in [1.29, 1.82) is 0 Å². The van der Waals surface area contributed by atoms with Gasteiger partial charge < -0.3 is 10.1 Å². The average Bonchev–Trinajstić information content (AvgIpc) is 3.24. The molecule has 2 heterocycles. The Hall–Kier alpha value is -2.21. The van der Waals surface area contributed by atoms with Crippen LogP contribution in [0.3, 0.4) is 0 Å². The normalized spacial score (nSPS) is 17.9. The number of halogens is 1. The Morgan fingerprint density at radius 3 is 2.78 bits per heavy atom. The number of aryl methyl sites for hydroxylation is 1. The molecule has 1 aromatic heterocycles. The molecule has 2 atom stereocenters. The van der Waals surface area contributed by atoms with Gasteiger partial charge in [-0.3, -0.25) is 4.79 Å². The largest absolute Gasteiger partial charge is 0.378 e. The molecule has 1 N–H and O–H groups in total. The molecule has 0 saturated carbocycles. The molecule has 5 nitrogen and oxygen atoms in total. The summed E-state index contributed by atoms with van der Waals surface area (Å²) in [6.45, 7) is 6.74. The number of nitrogens with one attached hydrogen (secondary N) is 1. The van der Waals surface area contributed by atoms with Crippen LogP contribution in [0.4, 0.5) is 4.39 Å². The molecule has 0 spiro atoms. The second kappa shape index (κ2) is 8.65. The third-order valence-corrected chi connectivity index (χ3v) is 5.20. The first-order valence-electron chi connectivity index (χ1n) is 9.66. The van der Waals surface area contributed by atoms with Gasteiger partial charge >= 0.3 is 0 Å². The fraction of sp³-hybridized carbons (Fsp3) is 0.524. The van der Waals surface area contributed by atoms with Crippen LogP contribution in [-0.2, 0) is 16.0 Å². The Kier molecular flexibility index (Phi) is 6.26. The van der Waals surface area contributed by atoms with E-state index in [9.17, 15) is 9.18 Å². The van der Waals surface area contributed by atoms with E-state index in [1.807, 2.05) is 20.8 Å². The summed E-state index contributed by atoms with van der Waals surface area (Å²) in [5, 5.41) is 7.61. The maximum absolute atomic E-state index is 13.2. The maximum Gasteiger partial charge on any atom is 0.224 e. The van der Waals surface area contributed by atoms with Crippen molar-refractivity contribution in [2.45, 2.75) is 65.0 Å². The molecule has 1 amide bonds. The van der Waals surface area contributed by atoms with Crippen LogP contribution in [0.15, 0.2) is 24.3 Å². The van der Waals surface area contributed by atoms with Crippen LogP contribution >= 0.6 is 0 Å². The molecular formula is C21H28FN3O2. The molecule has 146 valence electrons. The smallest absolute Gasteiger partial charge is 0.224 e. The highest BCUT2D eigenvalue weighted by Crippen LogP contribution is 2.20. The van der Waals surface area contributed by atoms with Crippen LogP contribution in [0.2, 0.25) is 0 Å². The van der Waals surface area contributed by atoms with Crippen molar-refractivity contribution in [1.82, 2.24) is 15.1 Å². The summed E-state index contributed by atoms with van der Waals surface area (Å²) in [4.78, 5) is 12.5. The lowest BCUT2D eigenvalue weighted by Gasteiger charge is -2.16. The first kappa shape index (κ1) is 19.5. The SMILES string of the molecule is Cc1nn(-c2ccc(F)cc2)c(C)c1CC(=O)N[C@@H](C)CC[C@H]1CCCO1. The van der Waals surface area contributed by atoms with Crippen molar-refractivity contribution in [3.8, 4) is 5.69 Å². The second-order valence-electron chi connectivity index (χ2n) is 7.40. The van der Waals surface area contributed by atoms with E-state index in [2.05, 4.69) is 10.4 Å². The molecule has 0 bridgehead atoms. The number of amides is 1. The third kappa shape index (κ3) is 4.95. The van der Waals surface area contributed by atoms with Crippen molar-refractivity contribution < 1.29 is 13.9 Å². The summed E-state index contributed by atoms with van der Waals surface area (Å²) < 4.78 is 20.6. The summed E-state index contributed by atoms with van der Waals surface area (Å²) in [5.74, 6) is -0.281. The Labute approximate surface area is 159 Å². The van der Waals surface area contributed by atoms with Gasteiger partial charge in [0.25, 0.3) is 0 Å². The zero-order valence-electron chi connectivity index (χ0n) is 16.3. The summed E-state index contributed by atoms with van der Waals surface area (Å²) >= 11 is 0. The number of hydrogen-bond donors (Lipinski definition) is 1. The van der Waals surface area contributed by atoms with Crippen molar-refractivity contribution in [2.75, 3.05) is 6.61 Å². The van der Waals surface area contributed by atoms with Gasteiger partial charge in [0.05, 0.1) is 23.9 Å². The van der Waals surface area contributed by atoms with Crippen molar-refractivity contribution in [2.24, 2.45) is 0 Å². The molecule has 1 fully saturated rings. The Morgan fingerprint density at radius 1 is 1.37 bits per heavy atom. The van der Waals surface area contributed by atoms with E-state index >= 15 is 0 Å². The van der Waals surface area contributed by atoms with Gasteiger partial charge in [-0.1, -0.05) is 0 Å². The van der Waals surface area contributed by atoms with E-state index in [0.29, 0.717) is 12.5 Å². The standard InChI is InChI=1S/C21H28FN3O2/c1-14(6-11-19-5-4-12-27-19)23-21(26)13-20-15(2)24-25(16(20)3)18-9-7-17(22)8-10-18/h7-10,14,19H,4-6,11-13H2,1-3H3,(H,23,26)/t14-,19+/m0/s1. The van der Waals surface area contributed by atoms with E-state index in [-0.39, 0.29) is 17.8 Å². The molecule has 6 heteroatoms. The van der Waals surface area contributed by atoms with E-state index in [1.54, 1.807) is 16.8 Å². The Bertz CT molecular complexity index is 779. The lowest BCUT2D eigenvalue weighted by Crippen LogP contribution is -2.34. The van der Waals surface area contributed by atoms with Gasteiger partial charge in [-0.15, -0.1) is 0 Å². The number of ether oxygens (including phenoxy) is 1. The molecule has 0 aliphatic carbocycles. The zero-order chi connectivity index (χ0) is 19.4. The first-order chi connectivity index (χ1) is 12.9. The first-order valence-corrected chi connectivity index (χ1v) is 9.66. The molecule has 1 saturated heterocycles. The number of nitrogens with zero attached hydrogens (tertiary/aromatic N) is 2. The average molecular weight is 373 g/mol. The molecule has 0 unspecified atom stereocenters. The van der Waals surface area contributed by atoms with E-state index in [0.717, 1.165) is 54.9 Å². The third-order valence-electron chi connectivity index (χ3n) is 5.20. The minimum Gasteiger partial charge on any atom is -0.378 e. The van der Waals surface area contributed by atoms with Gasteiger partial charge in [-0.2, -0.15) is 5.10 Å². The van der Waals surface area contributed by atoms with Crippen LogP contribution in [-0.4, -0.2) is 34.4 Å². The monoisotopic (exact) mass is 373 g/mol. The second-order valence-corrected chi connectivity index (χ2v) is 7.40. The zero-order valence-corrected chi connectivity index (χ0v) is 16.3. The minimum atomic E-state index is -0.281. The summed E-state index contributed by atoms with van der Waals surface area (Å²) in [6, 6.07) is 6.31. The molecule has 2 aromatic rings. The van der Waals surface area contributed by atoms with Gasteiger partial charge in [0, 0.05) is 23.9 Å². The summed E-state index contributed by atoms with van der Waals surface area (Å²) in [7, 11) is 0. The van der Waals surface area contributed by atoms with E-state index in [4.69, 9.17) is 4.74 Å². The molecule has 27 heavy (non-hydrogen) atoms. The molecule has 1 aliphatic heterocycles. The number of benzene rings is 1. The van der Waals surface area contributed by atoms with Gasteiger partial charge in [0.15, 0.2) is 0 Å². The van der Waals surface area contributed by atoms with E-state index < -0.39 is 0 Å². The predicted octanol–water partition coefficient (Wildman–Crippen LogP) is 3.63. The van der Waals surface area contributed by atoms with Crippen molar-refractivity contribution in [3.05, 3.63) is 47.0 Å². The van der Waals surface area contributed by atoms with Crippen LogP contribution in [0.5, 0.6) is 0 Å². The summed E-state index contributed by atoms with van der Waals surface area (Å²) in [5.41, 5.74) is 3.43. The van der Waals surface area contributed by atoms with Crippen LogP contribution in [0.1, 0.15) is 49.6 Å². The number of hydrogen-bond acceptors (Lipinski definition) is 3. The molecule has 1 aromatic carbocycles. The van der Waals surface area contributed by atoms with Crippen molar-refractivity contribution in [3.63, 3.8) is 0 Å². The topological polar surface area (TPSA) is 56.2 Å². The van der Waals surface area contributed by atoms with Gasteiger partial charge in [-0.05, 0) is 70.7 Å². The maximum atomic E-state index is 13.2. The lowest BCUT2D eigenvalue weighted by molar-refractivity contribution is -0.121. The minimum absolute atomic E-state index is 0.000281. The van der Waals surface area contributed by atoms with Crippen LogP contribution in [0, 0.1) is 19.7 Å². The predicted molar refractivity (Wildman–Crippen MR) is 103 cm³/mol. The highest BCUT2D eigenvalue weighted by Gasteiger charge is 2.19. The van der Waals surface area contributed by atoms with E-state index in [1.165, 1.54) is 12.1 Å². The molecule has 0 radical (unpaired) electrons. The fourth-order valence-corrected chi connectivity index (χ4v) is 3.63. The number of rotatable bonds is 7. The lowest BCUT2D eigenvalue weighted by atomic mass is 10.1. The fourth-order valence-electron chi connectivity index (χ4n) is 3.63. The number of aromatic nitrogens is 2. The van der Waals surface area contributed by atoms with Crippen molar-refractivity contribution >= 4 is 5.91 Å². The highest BCUT2D eigenvalue weighted by atomic mass is 19.1. The number of carbonyl (C=O) groups is 1. The Morgan fingerprint density at radius 2 is 2.11 bits per heavy atom. The summed E-state index contributed by atoms with van der Waals surface area (Å²) in [6.07, 6.45) is 4.82. The highest BCUT2D eigenvalue weighted by molar-refractivity contribution is 5.79. The van der Waals surface area contributed by atoms with Gasteiger partial charge in [0.1, 0.15) is 5.82 Å². The molecule has 1 aliphatic rings. The van der Waals surface area contributed by atoms with Gasteiger partial charge in [-0.25, -0.2) is 9.07 Å². The van der Waals surface area contributed by atoms with Crippen LogP contribution < -0.4 is 5.32 Å². The molecular weight excluding hydrogens is 345 g/mol.